The summed E-state index contributed by atoms with van der Waals surface area (Å²) in [5.41, 5.74) is 1.84. The van der Waals surface area contributed by atoms with E-state index in [9.17, 15) is 20.0 Å². The normalized spacial score (nSPS) is 10.7. The van der Waals surface area contributed by atoms with Crippen LogP contribution in [0.15, 0.2) is 48.0 Å². The van der Waals surface area contributed by atoms with E-state index in [4.69, 9.17) is 4.74 Å². The number of carboxylic acids is 1. The van der Waals surface area contributed by atoms with Crippen LogP contribution in [0.25, 0.3) is 6.08 Å². The van der Waals surface area contributed by atoms with Crippen LogP contribution in [0.4, 0.5) is 5.69 Å². The highest BCUT2D eigenvalue weighted by Crippen LogP contribution is 2.21. The van der Waals surface area contributed by atoms with E-state index in [0.717, 1.165) is 5.56 Å². The minimum absolute atomic E-state index is 0.0486. The van der Waals surface area contributed by atoms with Gasteiger partial charge < -0.3 is 15.2 Å². The maximum absolute atomic E-state index is 12.2. The second-order valence-electron chi connectivity index (χ2n) is 5.25. The quantitative estimate of drug-likeness (QED) is 0.645. The Morgan fingerprint density at radius 2 is 1.88 bits per heavy atom. The van der Waals surface area contributed by atoms with Crippen LogP contribution in [0, 0.1) is 18.3 Å². The summed E-state index contributed by atoms with van der Waals surface area (Å²) in [5.74, 6) is -1.53. The second-order valence-corrected chi connectivity index (χ2v) is 5.25. The van der Waals surface area contributed by atoms with Gasteiger partial charge in [0.2, 0.25) is 0 Å². The lowest BCUT2D eigenvalue weighted by Gasteiger charge is -2.07. The molecule has 2 N–H and O–H groups in total. The molecule has 0 aliphatic carbocycles. The number of nitrogens with one attached hydrogen (secondary N) is 1. The van der Waals surface area contributed by atoms with E-state index in [1.807, 2.05) is 25.1 Å². The smallest absolute Gasteiger partial charge is 0.339 e. The molecule has 2 aromatic carbocycles. The molecule has 0 saturated heterocycles. The molecule has 0 bridgehead atoms. The predicted octanol–water partition coefficient (Wildman–Crippen LogP) is 3.25. The molecule has 0 heterocycles. The van der Waals surface area contributed by atoms with Gasteiger partial charge in [0.05, 0.1) is 7.11 Å². The Morgan fingerprint density at radius 3 is 2.44 bits per heavy atom. The van der Waals surface area contributed by atoms with Gasteiger partial charge in [-0.2, -0.15) is 5.26 Å². The molecule has 0 unspecified atom stereocenters. The first-order chi connectivity index (χ1) is 11.9. The molecule has 0 aliphatic heterocycles. The monoisotopic (exact) mass is 336 g/mol. The van der Waals surface area contributed by atoms with Gasteiger partial charge in [-0.05, 0) is 42.8 Å². The number of aryl methyl sites for hydroxylation is 1. The highest BCUT2D eigenvalue weighted by atomic mass is 16.5. The van der Waals surface area contributed by atoms with Gasteiger partial charge in [0, 0.05) is 5.69 Å². The third kappa shape index (κ3) is 4.45. The molecule has 0 aromatic heterocycles. The number of rotatable bonds is 5. The first-order valence-electron chi connectivity index (χ1n) is 7.35. The molecule has 126 valence electrons. The van der Waals surface area contributed by atoms with Crippen LogP contribution in [0.3, 0.4) is 0 Å². The van der Waals surface area contributed by atoms with Crippen molar-refractivity contribution in [3.8, 4) is 11.8 Å². The Kier molecular flexibility index (Phi) is 5.54. The summed E-state index contributed by atoms with van der Waals surface area (Å²) in [6, 6.07) is 13.4. The number of nitrogens with zero attached hydrogens (tertiary/aromatic N) is 1. The van der Waals surface area contributed by atoms with Crippen LogP contribution in [0.1, 0.15) is 21.5 Å². The fourth-order valence-electron chi connectivity index (χ4n) is 2.13. The molecule has 0 radical (unpaired) electrons. The molecule has 0 aliphatic rings. The first-order valence-corrected chi connectivity index (χ1v) is 7.35. The Bertz CT molecular complexity index is 877. The average molecular weight is 336 g/mol. The number of amides is 1. The molecule has 25 heavy (non-hydrogen) atoms. The SMILES string of the molecule is COc1ccc(C=C(C#N)C(=O)Nc2ccc(C)cc2)cc1C(=O)O. The lowest BCUT2D eigenvalue weighted by molar-refractivity contribution is -0.112. The van der Waals surface area contributed by atoms with Gasteiger partial charge in [-0.25, -0.2) is 4.79 Å². The molecule has 6 heteroatoms. The Balaban J connectivity index is 2.29. The maximum atomic E-state index is 12.2. The summed E-state index contributed by atoms with van der Waals surface area (Å²) in [6.07, 6.45) is 1.33. The summed E-state index contributed by atoms with van der Waals surface area (Å²) in [5, 5.41) is 21.1. The summed E-state index contributed by atoms with van der Waals surface area (Å²) in [6.45, 7) is 1.93. The lowest BCUT2D eigenvalue weighted by Crippen LogP contribution is -2.13. The molecular formula is C19H16N2O4. The number of hydrogen-bond acceptors (Lipinski definition) is 4. The van der Waals surface area contributed by atoms with Crippen LogP contribution in [-0.4, -0.2) is 24.1 Å². The predicted molar refractivity (Wildman–Crippen MR) is 93.4 cm³/mol. The van der Waals surface area contributed by atoms with Crippen LogP contribution in [0.2, 0.25) is 0 Å². The number of ether oxygens (including phenoxy) is 1. The average Bonchev–Trinajstić information content (AvgIpc) is 2.61. The van der Waals surface area contributed by atoms with Crippen molar-refractivity contribution in [1.29, 1.82) is 5.26 Å². The fourth-order valence-corrected chi connectivity index (χ4v) is 2.13. The van der Waals surface area contributed by atoms with Gasteiger partial charge in [0.25, 0.3) is 5.91 Å². The van der Waals surface area contributed by atoms with Crippen molar-refractivity contribution in [1.82, 2.24) is 0 Å². The molecular weight excluding hydrogens is 320 g/mol. The molecule has 2 rings (SSSR count). The van der Waals surface area contributed by atoms with E-state index in [0.29, 0.717) is 11.3 Å². The summed E-state index contributed by atoms with van der Waals surface area (Å²) in [4.78, 5) is 23.5. The highest BCUT2D eigenvalue weighted by molar-refractivity contribution is 6.09. The molecule has 0 fully saturated rings. The van der Waals surface area contributed by atoms with Crippen molar-refractivity contribution in [2.45, 2.75) is 6.92 Å². The zero-order valence-electron chi connectivity index (χ0n) is 13.7. The minimum atomic E-state index is -1.16. The van der Waals surface area contributed by atoms with Crippen molar-refractivity contribution in [3.63, 3.8) is 0 Å². The zero-order chi connectivity index (χ0) is 18.4. The fraction of sp³-hybridized carbons (Fsp3) is 0.105. The van der Waals surface area contributed by atoms with Crippen molar-refractivity contribution in [2.75, 3.05) is 12.4 Å². The highest BCUT2D eigenvalue weighted by Gasteiger charge is 2.13. The van der Waals surface area contributed by atoms with Gasteiger partial charge in [-0.15, -0.1) is 0 Å². The minimum Gasteiger partial charge on any atom is -0.496 e. The largest absolute Gasteiger partial charge is 0.496 e. The number of aromatic carboxylic acids is 1. The summed E-state index contributed by atoms with van der Waals surface area (Å²) < 4.78 is 4.98. The van der Waals surface area contributed by atoms with Crippen LogP contribution in [-0.2, 0) is 4.79 Å². The van der Waals surface area contributed by atoms with E-state index in [1.165, 1.54) is 25.3 Å². The third-order valence-electron chi connectivity index (χ3n) is 3.44. The van der Waals surface area contributed by atoms with E-state index < -0.39 is 11.9 Å². The van der Waals surface area contributed by atoms with Crippen LogP contribution in [0.5, 0.6) is 5.75 Å². The molecule has 2 aromatic rings. The van der Waals surface area contributed by atoms with Gasteiger partial charge in [-0.1, -0.05) is 23.8 Å². The Morgan fingerprint density at radius 1 is 1.20 bits per heavy atom. The number of hydrogen-bond donors (Lipinski definition) is 2. The number of methoxy groups -OCH3 is 1. The number of nitriles is 1. The van der Waals surface area contributed by atoms with E-state index in [-0.39, 0.29) is 16.9 Å². The maximum Gasteiger partial charge on any atom is 0.339 e. The van der Waals surface area contributed by atoms with Gasteiger partial charge >= 0.3 is 5.97 Å². The number of anilines is 1. The summed E-state index contributed by atoms with van der Waals surface area (Å²) >= 11 is 0. The van der Waals surface area contributed by atoms with Gasteiger partial charge in [0.15, 0.2) is 0 Å². The van der Waals surface area contributed by atoms with E-state index >= 15 is 0 Å². The van der Waals surface area contributed by atoms with Crippen molar-refractivity contribution in [3.05, 3.63) is 64.7 Å². The standard InChI is InChI=1S/C19H16N2O4/c1-12-3-6-15(7-4-12)21-18(22)14(11-20)9-13-5-8-17(25-2)16(10-13)19(23)24/h3-10H,1-2H3,(H,21,22)(H,23,24). The number of carbonyl (C=O) groups is 2. The van der Waals surface area contributed by atoms with Crippen molar-refractivity contribution < 1.29 is 19.4 Å². The third-order valence-corrected chi connectivity index (χ3v) is 3.44. The van der Waals surface area contributed by atoms with Gasteiger partial charge in [0.1, 0.15) is 23.0 Å². The van der Waals surface area contributed by atoms with Crippen LogP contribution >= 0.6 is 0 Å². The van der Waals surface area contributed by atoms with Crippen molar-refractivity contribution >= 4 is 23.6 Å². The molecule has 6 nitrogen and oxygen atoms in total. The zero-order valence-corrected chi connectivity index (χ0v) is 13.7. The Hall–Kier alpha value is -3.59. The van der Waals surface area contributed by atoms with Crippen molar-refractivity contribution in [2.24, 2.45) is 0 Å². The molecule has 0 spiro atoms. The number of benzene rings is 2. The van der Waals surface area contributed by atoms with Gasteiger partial charge in [-0.3, -0.25) is 4.79 Å². The molecule has 0 atom stereocenters. The summed E-state index contributed by atoms with van der Waals surface area (Å²) in [7, 11) is 1.37. The molecule has 0 saturated carbocycles. The lowest BCUT2D eigenvalue weighted by atomic mass is 10.1. The Labute approximate surface area is 145 Å². The van der Waals surface area contributed by atoms with Crippen LogP contribution < -0.4 is 10.1 Å². The molecule has 1 amide bonds. The second kappa shape index (κ2) is 7.79. The topological polar surface area (TPSA) is 99.4 Å². The number of carbonyl (C=O) groups excluding carboxylic acids is 1. The van der Waals surface area contributed by atoms with E-state index in [2.05, 4.69) is 5.32 Å². The van der Waals surface area contributed by atoms with E-state index in [1.54, 1.807) is 18.2 Å². The number of carboxylic acid groups (broad SMARTS) is 1. The first kappa shape index (κ1) is 17.8.